The summed E-state index contributed by atoms with van der Waals surface area (Å²) in [5.74, 6) is 6.14. The maximum atomic E-state index is 12.1. The third kappa shape index (κ3) is 3.96. The number of para-hydroxylation sites is 1. The summed E-state index contributed by atoms with van der Waals surface area (Å²) >= 11 is 0. The van der Waals surface area contributed by atoms with E-state index in [4.69, 9.17) is 5.84 Å². The van der Waals surface area contributed by atoms with Crippen LogP contribution in [0.2, 0.25) is 0 Å². The van der Waals surface area contributed by atoms with E-state index in [0.29, 0.717) is 11.3 Å². The van der Waals surface area contributed by atoms with Gasteiger partial charge in [-0.05, 0) is 24.5 Å². The number of nitrogens with one attached hydrogen (secondary N) is 2. The number of nitrogen functional groups attached to an aromatic ring is 1. The molecule has 0 aliphatic heterocycles. The average molecular weight is 261 g/mol. The van der Waals surface area contributed by atoms with Gasteiger partial charge in [-0.3, -0.25) is 10.6 Å². The smallest absolute Gasteiger partial charge is 0.253 e. The van der Waals surface area contributed by atoms with E-state index < -0.39 is 0 Å². The fraction of sp³-hybridized carbons (Fsp3) is 0.533. The quantitative estimate of drug-likeness (QED) is 0.564. The maximum Gasteiger partial charge on any atom is 0.253 e. The van der Waals surface area contributed by atoms with E-state index in [1.54, 1.807) is 12.1 Å². The normalized spacial score (nSPS) is 16.1. The van der Waals surface area contributed by atoms with Crippen LogP contribution in [-0.4, -0.2) is 12.5 Å². The monoisotopic (exact) mass is 261 g/mol. The Hall–Kier alpha value is -1.55. The zero-order valence-electron chi connectivity index (χ0n) is 11.3. The minimum atomic E-state index is -0.0515. The van der Waals surface area contributed by atoms with Gasteiger partial charge in [-0.1, -0.05) is 44.2 Å². The van der Waals surface area contributed by atoms with Gasteiger partial charge in [0.1, 0.15) is 0 Å². The van der Waals surface area contributed by atoms with Crippen molar-refractivity contribution in [3.05, 3.63) is 29.8 Å². The topological polar surface area (TPSA) is 67.1 Å². The zero-order valence-corrected chi connectivity index (χ0v) is 11.3. The molecule has 1 fully saturated rings. The van der Waals surface area contributed by atoms with Crippen molar-refractivity contribution in [2.75, 3.05) is 12.0 Å². The van der Waals surface area contributed by atoms with Crippen molar-refractivity contribution in [1.29, 1.82) is 0 Å². The van der Waals surface area contributed by atoms with Gasteiger partial charge in [-0.2, -0.15) is 0 Å². The molecule has 104 valence electrons. The molecule has 1 amide bonds. The molecule has 0 bridgehead atoms. The lowest BCUT2D eigenvalue weighted by atomic mass is 9.87. The number of rotatable bonds is 5. The number of hydrazine groups is 1. The van der Waals surface area contributed by atoms with Crippen molar-refractivity contribution in [2.24, 2.45) is 11.8 Å². The highest BCUT2D eigenvalue weighted by Crippen LogP contribution is 2.25. The molecule has 4 N–H and O–H groups in total. The van der Waals surface area contributed by atoms with Crippen LogP contribution in [0.1, 0.15) is 48.9 Å². The zero-order chi connectivity index (χ0) is 13.5. The van der Waals surface area contributed by atoms with Gasteiger partial charge >= 0.3 is 0 Å². The minimum Gasteiger partial charge on any atom is -0.352 e. The fourth-order valence-electron chi connectivity index (χ4n) is 2.77. The van der Waals surface area contributed by atoms with Crippen LogP contribution in [0.4, 0.5) is 5.69 Å². The first kappa shape index (κ1) is 13.9. The van der Waals surface area contributed by atoms with Crippen LogP contribution in [0.25, 0.3) is 0 Å². The second-order valence-electron chi connectivity index (χ2n) is 5.24. The van der Waals surface area contributed by atoms with Gasteiger partial charge < -0.3 is 10.7 Å². The second-order valence-corrected chi connectivity index (χ2v) is 5.24. The Kier molecular flexibility index (Phi) is 5.21. The van der Waals surface area contributed by atoms with Crippen LogP contribution in [0.3, 0.4) is 0 Å². The predicted molar refractivity (Wildman–Crippen MR) is 77.8 cm³/mol. The van der Waals surface area contributed by atoms with E-state index >= 15 is 0 Å². The standard InChI is InChI=1S/C15H23N3O/c16-18-14-9-5-4-8-13(14)15(19)17-11-10-12-6-2-1-3-7-12/h4-5,8-9,12,18H,1-3,6-7,10-11,16H2,(H,17,19). The van der Waals surface area contributed by atoms with Gasteiger partial charge in [0.2, 0.25) is 0 Å². The predicted octanol–water partition coefficient (Wildman–Crippen LogP) is 2.67. The first-order chi connectivity index (χ1) is 9.31. The molecule has 4 heteroatoms. The molecule has 4 nitrogen and oxygen atoms in total. The maximum absolute atomic E-state index is 12.1. The second kappa shape index (κ2) is 7.14. The molecule has 1 aromatic rings. The van der Waals surface area contributed by atoms with Gasteiger partial charge in [-0.15, -0.1) is 0 Å². The van der Waals surface area contributed by atoms with Crippen LogP contribution in [0.5, 0.6) is 0 Å². The third-order valence-electron chi connectivity index (χ3n) is 3.89. The first-order valence-corrected chi connectivity index (χ1v) is 7.15. The largest absolute Gasteiger partial charge is 0.352 e. The van der Waals surface area contributed by atoms with E-state index in [2.05, 4.69) is 10.7 Å². The van der Waals surface area contributed by atoms with Gasteiger partial charge in [0, 0.05) is 6.54 Å². The van der Waals surface area contributed by atoms with Crippen LogP contribution < -0.4 is 16.6 Å². The first-order valence-electron chi connectivity index (χ1n) is 7.15. The highest BCUT2D eigenvalue weighted by atomic mass is 16.1. The Morgan fingerprint density at radius 3 is 2.68 bits per heavy atom. The van der Waals surface area contributed by atoms with E-state index in [1.165, 1.54) is 32.1 Å². The van der Waals surface area contributed by atoms with E-state index in [-0.39, 0.29) is 5.91 Å². The number of anilines is 1. The number of nitrogens with two attached hydrogens (primary N) is 1. The van der Waals surface area contributed by atoms with Gasteiger partial charge in [0.15, 0.2) is 0 Å². The summed E-state index contributed by atoms with van der Waals surface area (Å²) in [5, 5.41) is 2.99. The number of hydrogen-bond donors (Lipinski definition) is 3. The number of carbonyl (C=O) groups excluding carboxylic acids is 1. The highest BCUT2D eigenvalue weighted by Gasteiger charge is 2.14. The van der Waals surface area contributed by atoms with Crippen molar-refractivity contribution in [3.8, 4) is 0 Å². The third-order valence-corrected chi connectivity index (χ3v) is 3.89. The van der Waals surface area contributed by atoms with Gasteiger partial charge in [0.05, 0.1) is 11.3 Å². The Bertz CT molecular complexity index is 414. The van der Waals surface area contributed by atoms with Gasteiger partial charge in [0.25, 0.3) is 5.91 Å². The van der Waals surface area contributed by atoms with Crippen LogP contribution in [0, 0.1) is 5.92 Å². The average Bonchev–Trinajstić information content (AvgIpc) is 2.48. The molecule has 0 unspecified atom stereocenters. The van der Waals surface area contributed by atoms with Crippen molar-refractivity contribution in [1.82, 2.24) is 5.32 Å². The molecule has 1 saturated carbocycles. The summed E-state index contributed by atoms with van der Waals surface area (Å²) in [4.78, 5) is 12.1. The number of amides is 1. The molecule has 0 atom stereocenters. The molecule has 1 aliphatic rings. The van der Waals surface area contributed by atoms with Crippen LogP contribution in [0.15, 0.2) is 24.3 Å². The molecule has 0 heterocycles. The number of carbonyl (C=O) groups is 1. The Balaban J connectivity index is 1.80. The molecular formula is C15H23N3O. The lowest BCUT2D eigenvalue weighted by Crippen LogP contribution is -2.27. The molecule has 0 spiro atoms. The molecule has 1 aromatic carbocycles. The van der Waals surface area contributed by atoms with Crippen LogP contribution >= 0.6 is 0 Å². The Morgan fingerprint density at radius 2 is 1.95 bits per heavy atom. The summed E-state index contributed by atoms with van der Waals surface area (Å²) < 4.78 is 0. The molecule has 0 saturated heterocycles. The Morgan fingerprint density at radius 1 is 1.21 bits per heavy atom. The molecule has 2 rings (SSSR count). The SMILES string of the molecule is NNc1ccccc1C(=O)NCCC1CCCCC1. The van der Waals surface area contributed by atoms with Crippen molar-refractivity contribution in [2.45, 2.75) is 38.5 Å². The van der Waals surface area contributed by atoms with Crippen molar-refractivity contribution in [3.63, 3.8) is 0 Å². The summed E-state index contributed by atoms with van der Waals surface area (Å²) in [7, 11) is 0. The highest BCUT2D eigenvalue weighted by molar-refractivity contribution is 5.99. The lowest BCUT2D eigenvalue weighted by Gasteiger charge is -2.21. The fourth-order valence-corrected chi connectivity index (χ4v) is 2.77. The van der Waals surface area contributed by atoms with E-state index in [1.807, 2.05) is 12.1 Å². The summed E-state index contributed by atoms with van der Waals surface area (Å²) in [6.45, 7) is 0.752. The van der Waals surface area contributed by atoms with Gasteiger partial charge in [-0.25, -0.2) is 0 Å². The molecule has 0 radical (unpaired) electrons. The van der Waals surface area contributed by atoms with Crippen molar-refractivity contribution >= 4 is 11.6 Å². The molecular weight excluding hydrogens is 238 g/mol. The molecule has 1 aliphatic carbocycles. The minimum absolute atomic E-state index is 0.0515. The van der Waals surface area contributed by atoms with Crippen molar-refractivity contribution < 1.29 is 4.79 Å². The molecule has 19 heavy (non-hydrogen) atoms. The summed E-state index contributed by atoms with van der Waals surface area (Å²) in [6.07, 6.45) is 7.78. The van der Waals surface area contributed by atoms with E-state index in [9.17, 15) is 4.79 Å². The summed E-state index contributed by atoms with van der Waals surface area (Å²) in [5.41, 5.74) is 3.83. The Labute approximate surface area is 114 Å². The van der Waals surface area contributed by atoms with Crippen LogP contribution in [-0.2, 0) is 0 Å². The lowest BCUT2D eigenvalue weighted by molar-refractivity contribution is 0.0951. The summed E-state index contributed by atoms with van der Waals surface area (Å²) in [6, 6.07) is 7.28. The van der Waals surface area contributed by atoms with E-state index in [0.717, 1.165) is 18.9 Å². The number of hydrogen-bond acceptors (Lipinski definition) is 3. The number of benzene rings is 1. The molecule has 0 aromatic heterocycles.